The van der Waals surface area contributed by atoms with Crippen LogP contribution in [0.15, 0.2) is 5.16 Å². The number of carbonyl (C=O) groups is 1. The van der Waals surface area contributed by atoms with Gasteiger partial charge in [0.15, 0.2) is 5.16 Å². The second-order valence-electron chi connectivity index (χ2n) is 4.41. The van der Waals surface area contributed by atoms with Crippen LogP contribution in [0, 0.1) is 0 Å². The third-order valence-electron chi connectivity index (χ3n) is 3.14. The van der Waals surface area contributed by atoms with Crippen molar-refractivity contribution in [2.75, 3.05) is 25.1 Å². The monoisotopic (exact) mass is 271 g/mol. The van der Waals surface area contributed by atoms with Gasteiger partial charge in [-0.3, -0.25) is 9.36 Å². The zero-order chi connectivity index (χ0) is 13.1. The lowest BCUT2D eigenvalue weighted by Gasteiger charge is -2.20. The Kier molecular flexibility index (Phi) is 4.07. The van der Waals surface area contributed by atoms with Crippen LogP contribution in [-0.2, 0) is 11.3 Å². The van der Waals surface area contributed by atoms with E-state index < -0.39 is 5.97 Å². The van der Waals surface area contributed by atoms with E-state index in [1.807, 2.05) is 0 Å². The number of nitrogen functional groups attached to an aromatic ring is 1. The molecule has 0 saturated carbocycles. The lowest BCUT2D eigenvalue weighted by Crippen LogP contribution is -2.30. The number of rotatable bonds is 5. The van der Waals surface area contributed by atoms with Gasteiger partial charge in [0.2, 0.25) is 5.95 Å². The molecular weight excluding hydrogens is 254 g/mol. The molecule has 1 aliphatic heterocycles. The number of likely N-dealkylation sites (N-methyl/N-ethyl adjacent to an activating group) is 1. The van der Waals surface area contributed by atoms with E-state index in [0.717, 1.165) is 31.3 Å². The Hall–Kier alpha value is -1.28. The van der Waals surface area contributed by atoms with Crippen molar-refractivity contribution in [3.05, 3.63) is 0 Å². The lowest BCUT2D eigenvalue weighted by atomic mass is 10.2. The molecule has 0 aromatic carbocycles. The number of nitrogens with two attached hydrogens (primary N) is 1. The average Bonchev–Trinajstić information content (AvgIpc) is 2.86. The highest BCUT2D eigenvalue weighted by Gasteiger charge is 2.23. The third-order valence-corrected chi connectivity index (χ3v) is 4.09. The fourth-order valence-electron chi connectivity index (χ4n) is 2.13. The first-order chi connectivity index (χ1) is 8.58. The molecule has 1 aromatic heterocycles. The summed E-state index contributed by atoms with van der Waals surface area (Å²) < 4.78 is 1.81. The molecule has 8 heteroatoms. The van der Waals surface area contributed by atoms with Crippen molar-refractivity contribution in [1.29, 1.82) is 0 Å². The van der Waals surface area contributed by atoms with E-state index in [0.29, 0.717) is 17.1 Å². The maximum Gasteiger partial charge on any atom is 0.313 e. The number of nitrogens with zero attached hydrogens (tertiary/aromatic N) is 4. The first-order valence-corrected chi connectivity index (χ1v) is 6.80. The van der Waals surface area contributed by atoms with Gasteiger partial charge in [0.1, 0.15) is 0 Å². The fraction of sp³-hybridized carbons (Fsp3) is 0.700. The van der Waals surface area contributed by atoms with E-state index in [9.17, 15) is 4.79 Å². The molecule has 7 nitrogen and oxygen atoms in total. The molecule has 100 valence electrons. The second kappa shape index (κ2) is 5.57. The predicted molar refractivity (Wildman–Crippen MR) is 68.4 cm³/mol. The van der Waals surface area contributed by atoms with Crippen LogP contribution in [0.25, 0.3) is 0 Å². The van der Waals surface area contributed by atoms with E-state index in [-0.39, 0.29) is 5.75 Å². The molecule has 1 atom stereocenters. The van der Waals surface area contributed by atoms with Crippen LogP contribution in [0.5, 0.6) is 0 Å². The van der Waals surface area contributed by atoms with Crippen molar-refractivity contribution in [1.82, 2.24) is 19.7 Å². The molecule has 0 amide bonds. The minimum atomic E-state index is -0.869. The molecule has 2 rings (SSSR count). The molecule has 1 aromatic rings. The Morgan fingerprint density at radius 3 is 3.00 bits per heavy atom. The van der Waals surface area contributed by atoms with Gasteiger partial charge in [-0.25, -0.2) is 0 Å². The number of hydrogen-bond acceptors (Lipinski definition) is 6. The molecule has 2 heterocycles. The van der Waals surface area contributed by atoms with Crippen molar-refractivity contribution in [2.45, 2.75) is 30.6 Å². The largest absolute Gasteiger partial charge is 0.481 e. The number of hydrogen-bond donors (Lipinski definition) is 2. The maximum atomic E-state index is 10.6. The summed E-state index contributed by atoms with van der Waals surface area (Å²) in [5, 5.41) is 17.0. The SMILES string of the molecule is CN1CCCC1Cn1c(N)nnc1SCC(=O)O. The van der Waals surface area contributed by atoms with E-state index >= 15 is 0 Å². The smallest absolute Gasteiger partial charge is 0.313 e. The fourth-order valence-corrected chi connectivity index (χ4v) is 2.80. The van der Waals surface area contributed by atoms with Gasteiger partial charge in [-0.15, -0.1) is 10.2 Å². The topological polar surface area (TPSA) is 97.3 Å². The summed E-state index contributed by atoms with van der Waals surface area (Å²) in [7, 11) is 2.09. The van der Waals surface area contributed by atoms with Crippen molar-refractivity contribution in [2.24, 2.45) is 0 Å². The van der Waals surface area contributed by atoms with Gasteiger partial charge >= 0.3 is 5.97 Å². The number of carboxylic acid groups (broad SMARTS) is 1. The molecular formula is C10H17N5O2S. The van der Waals surface area contributed by atoms with Gasteiger partial charge in [0.25, 0.3) is 0 Å². The first-order valence-electron chi connectivity index (χ1n) is 5.81. The summed E-state index contributed by atoms with van der Waals surface area (Å²) in [4.78, 5) is 12.9. The first kappa shape index (κ1) is 13.2. The lowest BCUT2D eigenvalue weighted by molar-refractivity contribution is -0.133. The maximum absolute atomic E-state index is 10.6. The Morgan fingerprint density at radius 2 is 2.39 bits per heavy atom. The van der Waals surface area contributed by atoms with Gasteiger partial charge < -0.3 is 15.7 Å². The van der Waals surface area contributed by atoms with Crippen LogP contribution in [-0.4, -0.2) is 56.1 Å². The van der Waals surface area contributed by atoms with Crippen LogP contribution < -0.4 is 5.73 Å². The van der Waals surface area contributed by atoms with Crippen molar-refractivity contribution in [3.63, 3.8) is 0 Å². The third kappa shape index (κ3) is 2.94. The summed E-state index contributed by atoms with van der Waals surface area (Å²) >= 11 is 1.15. The van der Waals surface area contributed by atoms with Crippen LogP contribution in [0.3, 0.4) is 0 Å². The molecule has 0 bridgehead atoms. The highest BCUT2D eigenvalue weighted by Crippen LogP contribution is 2.22. The van der Waals surface area contributed by atoms with Crippen molar-refractivity contribution >= 4 is 23.7 Å². The number of carboxylic acids is 1. The summed E-state index contributed by atoms with van der Waals surface area (Å²) in [6.07, 6.45) is 2.30. The summed E-state index contributed by atoms with van der Waals surface area (Å²) in [5.74, 6) is -0.548. The van der Waals surface area contributed by atoms with E-state index in [1.165, 1.54) is 6.42 Å². The molecule has 1 saturated heterocycles. The highest BCUT2D eigenvalue weighted by atomic mass is 32.2. The van der Waals surface area contributed by atoms with Crippen molar-refractivity contribution < 1.29 is 9.90 Å². The van der Waals surface area contributed by atoms with Crippen LogP contribution >= 0.6 is 11.8 Å². The van der Waals surface area contributed by atoms with Gasteiger partial charge in [-0.2, -0.15) is 0 Å². The summed E-state index contributed by atoms with van der Waals surface area (Å²) in [6, 6.07) is 0.424. The Labute approximate surface area is 109 Å². The molecule has 18 heavy (non-hydrogen) atoms. The second-order valence-corrected chi connectivity index (χ2v) is 5.35. The molecule has 1 aliphatic rings. The average molecular weight is 271 g/mol. The normalized spacial score (nSPS) is 20.4. The van der Waals surface area contributed by atoms with Gasteiger partial charge in [0, 0.05) is 12.6 Å². The summed E-state index contributed by atoms with van der Waals surface area (Å²) in [6.45, 7) is 1.81. The number of aliphatic carboxylic acids is 1. The van der Waals surface area contributed by atoms with Gasteiger partial charge in [-0.1, -0.05) is 11.8 Å². The van der Waals surface area contributed by atoms with Crippen LogP contribution in [0.1, 0.15) is 12.8 Å². The van der Waals surface area contributed by atoms with Crippen LogP contribution in [0.4, 0.5) is 5.95 Å². The molecule has 1 unspecified atom stereocenters. The van der Waals surface area contributed by atoms with E-state index in [4.69, 9.17) is 10.8 Å². The summed E-state index contributed by atoms with van der Waals surface area (Å²) in [5.41, 5.74) is 5.78. The quantitative estimate of drug-likeness (QED) is 0.735. The molecule has 0 aliphatic carbocycles. The van der Waals surface area contributed by atoms with E-state index in [1.54, 1.807) is 4.57 Å². The number of anilines is 1. The standard InChI is InChI=1S/C10H17N5O2S/c1-14-4-2-3-7(14)5-15-9(11)12-13-10(15)18-6-8(16)17/h7H,2-6H2,1H3,(H2,11,12)(H,16,17). The Morgan fingerprint density at radius 1 is 1.61 bits per heavy atom. The van der Waals surface area contributed by atoms with Crippen molar-refractivity contribution in [3.8, 4) is 0 Å². The minimum absolute atomic E-state index is 0.0291. The molecule has 3 N–H and O–H groups in total. The molecule has 1 fully saturated rings. The Bertz CT molecular complexity index is 436. The Balaban J connectivity index is 2.06. The van der Waals surface area contributed by atoms with Gasteiger partial charge in [-0.05, 0) is 26.4 Å². The van der Waals surface area contributed by atoms with E-state index in [2.05, 4.69) is 22.1 Å². The highest BCUT2D eigenvalue weighted by molar-refractivity contribution is 7.99. The molecule has 0 spiro atoms. The number of aromatic nitrogens is 3. The number of thioether (sulfide) groups is 1. The van der Waals surface area contributed by atoms with Crippen LogP contribution in [0.2, 0.25) is 0 Å². The van der Waals surface area contributed by atoms with Gasteiger partial charge in [0.05, 0.1) is 5.75 Å². The minimum Gasteiger partial charge on any atom is -0.481 e. The predicted octanol–water partition coefficient (Wildman–Crippen LogP) is 0.131. The number of likely N-dealkylation sites (tertiary alicyclic amines) is 1. The molecule has 0 radical (unpaired) electrons. The zero-order valence-corrected chi connectivity index (χ0v) is 11.1. The zero-order valence-electron chi connectivity index (χ0n) is 10.2.